The van der Waals surface area contributed by atoms with Gasteiger partial charge in [-0.2, -0.15) is 0 Å². The topological polar surface area (TPSA) is 38.8 Å². The Labute approximate surface area is 169 Å². The van der Waals surface area contributed by atoms with Gasteiger partial charge in [0.15, 0.2) is 0 Å². The van der Waals surface area contributed by atoms with Crippen LogP contribution in [0.1, 0.15) is 27.2 Å². The van der Waals surface area contributed by atoms with Crippen LogP contribution >= 0.6 is 0 Å². The van der Waals surface area contributed by atoms with Gasteiger partial charge in [0.1, 0.15) is 0 Å². The molecule has 1 fully saturated rings. The van der Waals surface area contributed by atoms with Crippen LogP contribution < -0.4 is 10.4 Å². The first kappa shape index (κ1) is 20.8. The van der Waals surface area contributed by atoms with Gasteiger partial charge in [0.2, 0.25) is 5.91 Å². The Kier molecular flexibility index (Phi) is 6.08. The fourth-order valence-corrected chi connectivity index (χ4v) is 8.67. The van der Waals surface area contributed by atoms with Crippen molar-refractivity contribution in [2.75, 3.05) is 20.8 Å². The van der Waals surface area contributed by atoms with Crippen molar-refractivity contribution >= 4 is 24.6 Å². The standard InChI is InChI=1S/C23H31NO3Si/c1-23(2,3)28(19-12-8-6-9-13-19,20-14-10-7-11-15-20)27-17-18-16-21(18)22(25)24(4)26-5/h6-15,18,21H,16-17H2,1-5H3/t18-,21-/m0/s1. The fourth-order valence-electron chi connectivity index (χ4n) is 4.05. The van der Waals surface area contributed by atoms with E-state index in [9.17, 15) is 4.79 Å². The van der Waals surface area contributed by atoms with Crippen LogP contribution in [0.2, 0.25) is 5.04 Å². The molecule has 0 heterocycles. The van der Waals surface area contributed by atoms with Crippen molar-refractivity contribution in [1.29, 1.82) is 0 Å². The normalized spacial score (nSPS) is 19.3. The molecule has 28 heavy (non-hydrogen) atoms. The number of hydrogen-bond donors (Lipinski definition) is 0. The van der Waals surface area contributed by atoms with E-state index in [1.165, 1.54) is 22.5 Å². The molecular formula is C23H31NO3Si. The van der Waals surface area contributed by atoms with E-state index < -0.39 is 8.32 Å². The number of benzene rings is 2. The van der Waals surface area contributed by atoms with Gasteiger partial charge >= 0.3 is 0 Å². The first-order chi connectivity index (χ1) is 13.3. The Hall–Kier alpha value is -1.95. The number of nitrogens with zero attached hydrogens (tertiary/aromatic N) is 1. The van der Waals surface area contributed by atoms with Crippen LogP contribution in [0.15, 0.2) is 60.7 Å². The number of hydrogen-bond acceptors (Lipinski definition) is 3. The zero-order valence-electron chi connectivity index (χ0n) is 17.5. The summed E-state index contributed by atoms with van der Waals surface area (Å²) in [6.07, 6.45) is 0.866. The Bertz CT molecular complexity index is 749. The molecule has 1 saturated carbocycles. The number of amides is 1. The van der Waals surface area contributed by atoms with E-state index in [2.05, 4.69) is 69.3 Å². The molecule has 3 rings (SSSR count). The van der Waals surface area contributed by atoms with Gasteiger partial charge in [-0.05, 0) is 27.8 Å². The monoisotopic (exact) mass is 397 g/mol. The predicted octanol–water partition coefficient (Wildman–Crippen LogP) is 3.22. The first-order valence-electron chi connectivity index (χ1n) is 9.88. The number of rotatable bonds is 7. The summed E-state index contributed by atoms with van der Waals surface area (Å²) in [4.78, 5) is 17.4. The Balaban J connectivity index is 1.91. The van der Waals surface area contributed by atoms with Crippen LogP contribution in [0.4, 0.5) is 0 Å². The molecule has 2 atom stereocenters. The SMILES string of the molecule is CON(C)C(=O)[C@H]1C[C@H]1CO[Si](c1ccccc1)(c1ccccc1)C(C)(C)C. The van der Waals surface area contributed by atoms with Crippen LogP contribution in [-0.2, 0) is 14.1 Å². The van der Waals surface area contributed by atoms with Crippen LogP contribution in [-0.4, -0.2) is 40.1 Å². The lowest BCUT2D eigenvalue weighted by Crippen LogP contribution is -2.66. The number of carbonyl (C=O) groups excluding carboxylic acids is 1. The largest absolute Gasteiger partial charge is 0.407 e. The van der Waals surface area contributed by atoms with Crippen molar-refractivity contribution in [2.45, 2.75) is 32.2 Å². The predicted molar refractivity (Wildman–Crippen MR) is 115 cm³/mol. The summed E-state index contributed by atoms with van der Waals surface area (Å²) in [7, 11) is 0.661. The minimum Gasteiger partial charge on any atom is -0.407 e. The second kappa shape index (κ2) is 8.19. The Morgan fingerprint density at radius 1 is 1.04 bits per heavy atom. The highest BCUT2D eigenvalue weighted by atomic mass is 28.4. The molecule has 5 heteroatoms. The van der Waals surface area contributed by atoms with Crippen molar-refractivity contribution < 1.29 is 14.1 Å². The van der Waals surface area contributed by atoms with E-state index >= 15 is 0 Å². The molecule has 0 bridgehead atoms. The zero-order valence-corrected chi connectivity index (χ0v) is 18.5. The summed E-state index contributed by atoms with van der Waals surface area (Å²) in [6.45, 7) is 7.41. The molecule has 1 aliphatic rings. The van der Waals surface area contributed by atoms with Gasteiger partial charge in [0.05, 0.1) is 7.11 Å². The third-order valence-corrected chi connectivity index (χ3v) is 10.8. The lowest BCUT2D eigenvalue weighted by atomic mass is 10.2. The van der Waals surface area contributed by atoms with Gasteiger partial charge in [-0.1, -0.05) is 81.4 Å². The molecule has 0 unspecified atom stereocenters. The Morgan fingerprint density at radius 2 is 1.54 bits per heavy atom. The molecule has 150 valence electrons. The van der Waals surface area contributed by atoms with Gasteiger partial charge in [-0.25, -0.2) is 5.06 Å². The summed E-state index contributed by atoms with van der Waals surface area (Å²) in [5, 5.41) is 3.82. The minimum atomic E-state index is -2.53. The van der Waals surface area contributed by atoms with Gasteiger partial charge in [-0.3, -0.25) is 9.63 Å². The molecule has 1 amide bonds. The Morgan fingerprint density at radius 3 is 1.96 bits per heavy atom. The summed E-state index contributed by atoms with van der Waals surface area (Å²) in [5.74, 6) is 0.300. The minimum absolute atomic E-state index is 0.00293. The molecule has 0 spiro atoms. The van der Waals surface area contributed by atoms with Crippen LogP contribution in [0.5, 0.6) is 0 Å². The average Bonchev–Trinajstić information content (AvgIpc) is 3.47. The highest BCUT2D eigenvalue weighted by Crippen LogP contribution is 2.43. The van der Waals surface area contributed by atoms with E-state index in [0.29, 0.717) is 6.61 Å². The molecule has 0 N–H and O–H groups in total. The molecule has 2 aromatic rings. The van der Waals surface area contributed by atoms with E-state index in [4.69, 9.17) is 9.26 Å². The second-order valence-electron chi connectivity index (χ2n) is 8.59. The summed E-state index contributed by atoms with van der Waals surface area (Å²) < 4.78 is 6.91. The van der Waals surface area contributed by atoms with Gasteiger partial charge < -0.3 is 4.43 Å². The van der Waals surface area contributed by atoms with E-state index in [0.717, 1.165) is 6.42 Å². The van der Waals surface area contributed by atoms with Crippen molar-refractivity contribution in [3.8, 4) is 0 Å². The van der Waals surface area contributed by atoms with E-state index in [1.54, 1.807) is 7.05 Å². The molecular weight excluding hydrogens is 366 g/mol. The summed E-state index contributed by atoms with van der Waals surface area (Å²) in [5.41, 5.74) is 0. The summed E-state index contributed by atoms with van der Waals surface area (Å²) >= 11 is 0. The molecule has 0 saturated heterocycles. The van der Waals surface area contributed by atoms with E-state index in [1.807, 2.05) is 12.1 Å². The van der Waals surface area contributed by atoms with E-state index in [-0.39, 0.29) is 22.8 Å². The number of carbonyl (C=O) groups is 1. The van der Waals surface area contributed by atoms with Gasteiger partial charge in [0.25, 0.3) is 8.32 Å². The maximum absolute atomic E-state index is 12.4. The first-order valence-corrected chi connectivity index (χ1v) is 11.8. The van der Waals surface area contributed by atoms with Gasteiger partial charge in [-0.15, -0.1) is 0 Å². The van der Waals surface area contributed by atoms with Crippen molar-refractivity contribution in [2.24, 2.45) is 11.8 Å². The quantitative estimate of drug-likeness (QED) is 0.532. The molecule has 1 aliphatic carbocycles. The molecule has 0 aliphatic heterocycles. The third-order valence-electron chi connectivity index (χ3n) is 5.75. The molecule has 0 radical (unpaired) electrons. The smallest absolute Gasteiger partial charge is 0.261 e. The summed E-state index contributed by atoms with van der Waals surface area (Å²) in [6, 6.07) is 21.2. The van der Waals surface area contributed by atoms with Crippen molar-refractivity contribution in [3.05, 3.63) is 60.7 Å². The lowest BCUT2D eigenvalue weighted by Gasteiger charge is -2.43. The highest BCUT2D eigenvalue weighted by Gasteiger charge is 2.52. The fraction of sp³-hybridized carbons (Fsp3) is 0.435. The second-order valence-corrected chi connectivity index (χ2v) is 12.9. The highest BCUT2D eigenvalue weighted by molar-refractivity contribution is 6.99. The van der Waals surface area contributed by atoms with Crippen LogP contribution in [0.25, 0.3) is 0 Å². The van der Waals surface area contributed by atoms with Crippen molar-refractivity contribution in [3.63, 3.8) is 0 Å². The maximum Gasteiger partial charge on any atom is 0.261 e. The zero-order chi connectivity index (χ0) is 20.4. The average molecular weight is 398 g/mol. The molecule has 0 aromatic heterocycles. The van der Waals surface area contributed by atoms with Gasteiger partial charge in [0, 0.05) is 19.6 Å². The van der Waals surface area contributed by atoms with Crippen molar-refractivity contribution in [1.82, 2.24) is 5.06 Å². The molecule has 4 nitrogen and oxygen atoms in total. The van der Waals surface area contributed by atoms with Crippen LogP contribution in [0, 0.1) is 11.8 Å². The van der Waals surface area contributed by atoms with Crippen LogP contribution in [0.3, 0.4) is 0 Å². The number of hydroxylamine groups is 2. The third kappa shape index (κ3) is 3.92. The maximum atomic E-state index is 12.4. The molecule has 2 aromatic carbocycles. The lowest BCUT2D eigenvalue weighted by molar-refractivity contribution is -0.170.